The van der Waals surface area contributed by atoms with E-state index < -0.39 is 16.1 Å². The van der Waals surface area contributed by atoms with Crippen molar-refractivity contribution in [1.82, 2.24) is 4.31 Å². The van der Waals surface area contributed by atoms with Gasteiger partial charge in [0.25, 0.3) is 0 Å². The van der Waals surface area contributed by atoms with Gasteiger partial charge in [0, 0.05) is 18.4 Å². The Bertz CT molecular complexity index is 486. The third kappa shape index (κ3) is 2.70. The molecular weight excluding hydrogens is 306 g/mol. The second-order valence-electron chi connectivity index (χ2n) is 4.08. The fourth-order valence-electron chi connectivity index (χ4n) is 1.83. The van der Waals surface area contributed by atoms with Gasteiger partial charge in [-0.25, -0.2) is 8.42 Å². The Morgan fingerprint density at radius 2 is 2.00 bits per heavy atom. The van der Waals surface area contributed by atoms with Crippen LogP contribution in [-0.2, 0) is 15.4 Å². The molecule has 94 valence electrons. The molecule has 1 aromatic carbocycles. The minimum Gasteiger partial charge on any atom is -0.392 e. The Balaban J connectivity index is 2.25. The Hall–Kier alpha value is -0.430. The van der Waals surface area contributed by atoms with Gasteiger partial charge < -0.3 is 5.11 Å². The summed E-state index contributed by atoms with van der Waals surface area (Å²) < 4.78 is 25.7. The average Bonchev–Trinajstić information content (AvgIpc) is 2.77. The standard InChI is InChI=1S/C11H14BrNO3S/c12-7-9-1-3-11(4-2-9)17(15,16)13-6-5-10(14)8-13/h1-4,10,14H,5-8H2/t10-/m0/s1. The maximum Gasteiger partial charge on any atom is 0.243 e. The van der Waals surface area contributed by atoms with Gasteiger partial charge in [-0.3, -0.25) is 0 Å². The number of aliphatic hydroxyl groups is 1. The molecule has 1 aromatic rings. The molecule has 1 aliphatic heterocycles. The van der Waals surface area contributed by atoms with E-state index >= 15 is 0 Å². The van der Waals surface area contributed by atoms with Crippen molar-refractivity contribution in [1.29, 1.82) is 0 Å². The highest BCUT2D eigenvalue weighted by atomic mass is 79.9. The van der Waals surface area contributed by atoms with E-state index in [1.165, 1.54) is 4.31 Å². The van der Waals surface area contributed by atoms with Crippen molar-refractivity contribution in [2.24, 2.45) is 0 Å². The molecule has 0 radical (unpaired) electrons. The highest BCUT2D eigenvalue weighted by Gasteiger charge is 2.31. The summed E-state index contributed by atoms with van der Waals surface area (Å²) in [7, 11) is -3.44. The van der Waals surface area contributed by atoms with Gasteiger partial charge in [0.1, 0.15) is 0 Å². The topological polar surface area (TPSA) is 57.6 Å². The van der Waals surface area contributed by atoms with Gasteiger partial charge in [0.05, 0.1) is 11.0 Å². The molecule has 0 spiro atoms. The Morgan fingerprint density at radius 1 is 1.35 bits per heavy atom. The van der Waals surface area contributed by atoms with Crippen molar-refractivity contribution < 1.29 is 13.5 Å². The lowest BCUT2D eigenvalue weighted by molar-refractivity contribution is 0.189. The van der Waals surface area contributed by atoms with Crippen molar-refractivity contribution >= 4 is 26.0 Å². The van der Waals surface area contributed by atoms with E-state index in [9.17, 15) is 13.5 Å². The molecule has 0 amide bonds. The molecule has 1 saturated heterocycles. The number of alkyl halides is 1. The summed E-state index contributed by atoms with van der Waals surface area (Å²) in [6, 6.07) is 6.79. The molecular formula is C11H14BrNO3S. The number of hydrogen-bond donors (Lipinski definition) is 1. The van der Waals surface area contributed by atoms with Crippen LogP contribution in [0.2, 0.25) is 0 Å². The van der Waals surface area contributed by atoms with Crippen LogP contribution < -0.4 is 0 Å². The number of hydrogen-bond acceptors (Lipinski definition) is 3. The van der Waals surface area contributed by atoms with Crippen LogP contribution in [0.1, 0.15) is 12.0 Å². The molecule has 0 unspecified atom stereocenters. The largest absolute Gasteiger partial charge is 0.392 e. The van der Waals surface area contributed by atoms with Gasteiger partial charge >= 0.3 is 0 Å². The number of sulfonamides is 1. The lowest BCUT2D eigenvalue weighted by Gasteiger charge is -2.15. The Morgan fingerprint density at radius 3 is 2.47 bits per heavy atom. The minimum atomic E-state index is -3.44. The van der Waals surface area contributed by atoms with Gasteiger partial charge in [-0.05, 0) is 24.1 Å². The molecule has 0 aromatic heterocycles. The molecule has 4 nitrogen and oxygen atoms in total. The zero-order chi connectivity index (χ0) is 12.5. The molecule has 17 heavy (non-hydrogen) atoms. The zero-order valence-electron chi connectivity index (χ0n) is 9.21. The molecule has 1 atom stereocenters. The van der Waals surface area contributed by atoms with E-state index in [0.29, 0.717) is 18.3 Å². The quantitative estimate of drug-likeness (QED) is 0.855. The molecule has 1 aliphatic rings. The average molecular weight is 320 g/mol. The fraction of sp³-hybridized carbons (Fsp3) is 0.455. The first-order valence-electron chi connectivity index (χ1n) is 5.37. The molecule has 1 heterocycles. The third-order valence-electron chi connectivity index (χ3n) is 2.84. The van der Waals surface area contributed by atoms with Crippen molar-refractivity contribution in [2.45, 2.75) is 22.8 Å². The highest BCUT2D eigenvalue weighted by molar-refractivity contribution is 9.08. The fourth-order valence-corrected chi connectivity index (χ4v) is 3.69. The molecule has 1 fully saturated rings. The molecule has 6 heteroatoms. The first-order chi connectivity index (χ1) is 8.04. The summed E-state index contributed by atoms with van der Waals surface area (Å²) in [5.74, 6) is 0. The van der Waals surface area contributed by atoms with E-state index in [1.54, 1.807) is 24.3 Å². The van der Waals surface area contributed by atoms with Crippen molar-refractivity contribution in [2.75, 3.05) is 13.1 Å². The number of aliphatic hydroxyl groups excluding tert-OH is 1. The Kier molecular flexibility index (Phi) is 3.87. The van der Waals surface area contributed by atoms with Gasteiger partial charge in [-0.2, -0.15) is 4.31 Å². The molecule has 1 N–H and O–H groups in total. The summed E-state index contributed by atoms with van der Waals surface area (Å²) in [6.45, 7) is 0.590. The van der Waals surface area contributed by atoms with E-state index in [0.717, 1.165) is 5.56 Å². The highest BCUT2D eigenvalue weighted by Crippen LogP contribution is 2.21. The van der Waals surface area contributed by atoms with E-state index in [-0.39, 0.29) is 11.4 Å². The van der Waals surface area contributed by atoms with Gasteiger partial charge in [-0.15, -0.1) is 0 Å². The number of benzene rings is 1. The summed E-state index contributed by atoms with van der Waals surface area (Å²) in [5, 5.41) is 10.1. The monoisotopic (exact) mass is 319 g/mol. The van der Waals surface area contributed by atoms with Crippen LogP contribution in [0.5, 0.6) is 0 Å². The van der Waals surface area contributed by atoms with E-state index in [1.807, 2.05) is 0 Å². The number of β-amino-alcohol motifs (C(OH)–C–C–N with tert-alkyl or cyclic N) is 1. The minimum absolute atomic E-state index is 0.197. The van der Waals surface area contributed by atoms with Gasteiger partial charge in [0.2, 0.25) is 10.0 Å². The smallest absolute Gasteiger partial charge is 0.243 e. The first kappa shape index (κ1) is 13.0. The molecule has 0 bridgehead atoms. The lowest BCUT2D eigenvalue weighted by Crippen LogP contribution is -2.29. The van der Waals surface area contributed by atoms with Crippen LogP contribution in [0.3, 0.4) is 0 Å². The summed E-state index contributed by atoms with van der Waals surface area (Å²) in [5.41, 5.74) is 1.03. The van der Waals surface area contributed by atoms with Crippen LogP contribution in [0.15, 0.2) is 29.2 Å². The lowest BCUT2D eigenvalue weighted by atomic mass is 10.2. The third-order valence-corrected chi connectivity index (χ3v) is 5.37. The van der Waals surface area contributed by atoms with Crippen molar-refractivity contribution in [3.05, 3.63) is 29.8 Å². The number of rotatable bonds is 3. The second-order valence-corrected chi connectivity index (χ2v) is 6.58. The number of halogens is 1. The van der Waals surface area contributed by atoms with Crippen LogP contribution in [0.4, 0.5) is 0 Å². The summed E-state index contributed by atoms with van der Waals surface area (Å²) in [4.78, 5) is 0.288. The van der Waals surface area contributed by atoms with E-state index in [4.69, 9.17) is 0 Å². The molecule has 0 saturated carbocycles. The van der Waals surface area contributed by atoms with Gasteiger partial charge in [0.15, 0.2) is 0 Å². The van der Waals surface area contributed by atoms with Crippen LogP contribution in [0, 0.1) is 0 Å². The van der Waals surface area contributed by atoms with E-state index in [2.05, 4.69) is 15.9 Å². The van der Waals surface area contributed by atoms with Crippen LogP contribution >= 0.6 is 15.9 Å². The maximum absolute atomic E-state index is 12.2. The predicted molar refractivity (Wildman–Crippen MR) is 68.5 cm³/mol. The second kappa shape index (κ2) is 5.06. The van der Waals surface area contributed by atoms with Crippen molar-refractivity contribution in [3.8, 4) is 0 Å². The van der Waals surface area contributed by atoms with Crippen LogP contribution in [0.25, 0.3) is 0 Å². The SMILES string of the molecule is O=S(=O)(c1ccc(CBr)cc1)N1CC[C@H](O)C1. The van der Waals surface area contributed by atoms with Gasteiger partial charge in [-0.1, -0.05) is 28.1 Å². The first-order valence-corrected chi connectivity index (χ1v) is 7.93. The maximum atomic E-state index is 12.2. The molecule has 2 rings (SSSR count). The molecule has 0 aliphatic carbocycles. The predicted octanol–water partition coefficient (Wildman–Crippen LogP) is 1.34. The summed E-state index contributed by atoms with van der Waals surface area (Å²) in [6.07, 6.45) is -0.0230. The zero-order valence-corrected chi connectivity index (χ0v) is 11.6. The normalized spacial score (nSPS) is 21.9. The summed E-state index contributed by atoms with van der Waals surface area (Å²) >= 11 is 3.31. The number of nitrogens with zero attached hydrogens (tertiary/aromatic N) is 1. The van der Waals surface area contributed by atoms with Crippen LogP contribution in [-0.4, -0.2) is 37.0 Å². The van der Waals surface area contributed by atoms with Crippen molar-refractivity contribution in [3.63, 3.8) is 0 Å². The Labute approximate surface area is 109 Å².